The van der Waals surface area contributed by atoms with Crippen LogP contribution in [0.1, 0.15) is 30.4 Å². The maximum Gasteiger partial charge on any atom is 0.226 e. The van der Waals surface area contributed by atoms with Gasteiger partial charge in [-0.25, -0.2) is 0 Å². The smallest absolute Gasteiger partial charge is 0.226 e. The van der Waals surface area contributed by atoms with Gasteiger partial charge in [-0.1, -0.05) is 17.7 Å². The summed E-state index contributed by atoms with van der Waals surface area (Å²) in [6.07, 6.45) is 3.16. The summed E-state index contributed by atoms with van der Waals surface area (Å²) in [5.74, 6) is 3.02. The molecule has 2 aromatic rings. The number of hydrogen-bond donors (Lipinski definition) is 0. The number of piperidine rings is 1. The topological polar surface area (TPSA) is 51.2 Å². The molecule has 2 fully saturated rings. The van der Waals surface area contributed by atoms with Gasteiger partial charge in [-0.15, -0.1) is 0 Å². The summed E-state index contributed by atoms with van der Waals surface area (Å²) in [7, 11) is 5.29. The predicted octanol–water partition coefficient (Wildman–Crippen LogP) is 4.15. The molecule has 4 rings (SSSR count). The van der Waals surface area contributed by atoms with Crippen molar-refractivity contribution in [1.29, 1.82) is 0 Å². The second kappa shape index (κ2) is 10.0. The first-order valence-corrected chi connectivity index (χ1v) is 11.8. The number of aryl methyl sites for hydroxylation is 1. The van der Waals surface area contributed by atoms with E-state index in [2.05, 4.69) is 17.9 Å². The van der Waals surface area contributed by atoms with Gasteiger partial charge in [0.25, 0.3) is 0 Å². The average Bonchev–Trinajstić information content (AvgIpc) is 3.54. The normalized spacial score (nSPS) is 19.2. The van der Waals surface area contributed by atoms with Crippen LogP contribution in [0.4, 0.5) is 0 Å². The molecule has 0 bridgehead atoms. The highest BCUT2D eigenvalue weighted by Crippen LogP contribution is 2.60. The van der Waals surface area contributed by atoms with E-state index in [1.807, 2.05) is 48.3 Å². The number of rotatable bonds is 9. The third-order valence-corrected chi connectivity index (χ3v) is 7.31. The summed E-state index contributed by atoms with van der Waals surface area (Å²) in [5.41, 5.74) is 2.55. The number of likely N-dealkylation sites (tertiary alicyclic amines) is 1. The highest BCUT2D eigenvalue weighted by molar-refractivity contribution is 5.82. The number of methoxy groups -OCH3 is 2. The standard InChI is InChI=1S/C27H36N2O4/c1-20-5-7-22(8-6-20)33-16-15-28(2)26(30)24-18-27(24)11-13-29(14-12-27)19-21-17-23(31-3)9-10-25(21)32-4/h5-10,17,24H,11-16,18-19H2,1-4H3/t24-/m0/s1. The number of carbonyl (C=O) groups is 1. The molecule has 1 saturated carbocycles. The number of likely N-dealkylation sites (N-methyl/N-ethyl adjacent to an activating group) is 1. The third kappa shape index (κ3) is 5.44. The zero-order valence-electron chi connectivity index (χ0n) is 20.3. The van der Waals surface area contributed by atoms with Gasteiger partial charge in [-0.2, -0.15) is 0 Å². The fraction of sp³-hybridized carbons (Fsp3) is 0.519. The Morgan fingerprint density at radius 3 is 2.42 bits per heavy atom. The molecule has 1 amide bonds. The minimum Gasteiger partial charge on any atom is -0.497 e. The molecular formula is C27H36N2O4. The zero-order chi connectivity index (χ0) is 23.4. The van der Waals surface area contributed by atoms with E-state index in [0.717, 1.165) is 61.7 Å². The summed E-state index contributed by atoms with van der Waals surface area (Å²) >= 11 is 0. The number of hydrogen-bond acceptors (Lipinski definition) is 5. The summed E-state index contributed by atoms with van der Waals surface area (Å²) in [4.78, 5) is 17.3. The van der Waals surface area contributed by atoms with Gasteiger partial charge in [0.05, 0.1) is 20.8 Å². The van der Waals surface area contributed by atoms with Crippen molar-refractivity contribution < 1.29 is 19.0 Å². The summed E-state index contributed by atoms with van der Waals surface area (Å²) < 4.78 is 16.7. The van der Waals surface area contributed by atoms with E-state index in [4.69, 9.17) is 14.2 Å². The van der Waals surface area contributed by atoms with Crippen LogP contribution in [-0.2, 0) is 11.3 Å². The maximum absolute atomic E-state index is 13.0. The van der Waals surface area contributed by atoms with Crippen LogP contribution < -0.4 is 14.2 Å². The van der Waals surface area contributed by atoms with Crippen LogP contribution in [0.3, 0.4) is 0 Å². The van der Waals surface area contributed by atoms with E-state index in [1.54, 1.807) is 14.2 Å². The molecule has 2 aliphatic rings. The first-order valence-electron chi connectivity index (χ1n) is 11.8. The van der Waals surface area contributed by atoms with Crippen molar-refractivity contribution in [2.75, 3.05) is 47.5 Å². The number of amides is 1. The second-order valence-electron chi connectivity index (χ2n) is 9.49. The molecule has 178 valence electrons. The number of ether oxygens (including phenoxy) is 3. The van der Waals surface area contributed by atoms with Crippen molar-refractivity contribution in [2.45, 2.75) is 32.7 Å². The van der Waals surface area contributed by atoms with E-state index in [-0.39, 0.29) is 17.2 Å². The number of carbonyl (C=O) groups excluding carboxylic acids is 1. The van der Waals surface area contributed by atoms with Crippen molar-refractivity contribution in [3.05, 3.63) is 53.6 Å². The van der Waals surface area contributed by atoms with Crippen LogP contribution in [-0.4, -0.2) is 63.2 Å². The van der Waals surface area contributed by atoms with E-state index in [0.29, 0.717) is 13.2 Å². The Morgan fingerprint density at radius 1 is 1.06 bits per heavy atom. The lowest BCUT2D eigenvalue weighted by atomic mass is 9.90. The number of benzene rings is 2. The first kappa shape index (κ1) is 23.4. The maximum atomic E-state index is 13.0. The molecule has 1 aliphatic heterocycles. The first-order chi connectivity index (χ1) is 15.9. The van der Waals surface area contributed by atoms with Crippen LogP contribution in [0.2, 0.25) is 0 Å². The lowest BCUT2D eigenvalue weighted by Crippen LogP contribution is -2.38. The fourth-order valence-electron chi connectivity index (χ4n) is 4.96. The van der Waals surface area contributed by atoms with Gasteiger partial charge >= 0.3 is 0 Å². The Hall–Kier alpha value is -2.73. The van der Waals surface area contributed by atoms with Gasteiger partial charge in [-0.3, -0.25) is 9.69 Å². The van der Waals surface area contributed by atoms with E-state index < -0.39 is 0 Å². The molecule has 6 heteroatoms. The second-order valence-corrected chi connectivity index (χ2v) is 9.49. The van der Waals surface area contributed by atoms with Gasteiger partial charge in [0, 0.05) is 25.1 Å². The molecule has 1 saturated heterocycles. The quantitative estimate of drug-likeness (QED) is 0.572. The Balaban J connectivity index is 1.24. The molecular weight excluding hydrogens is 416 g/mol. The Labute approximate surface area is 197 Å². The van der Waals surface area contributed by atoms with Crippen LogP contribution in [0.5, 0.6) is 17.2 Å². The molecule has 1 heterocycles. The largest absolute Gasteiger partial charge is 0.497 e. The Kier molecular flexibility index (Phi) is 7.13. The van der Waals surface area contributed by atoms with Crippen molar-refractivity contribution in [2.24, 2.45) is 11.3 Å². The van der Waals surface area contributed by atoms with Crippen LogP contribution >= 0.6 is 0 Å². The molecule has 0 N–H and O–H groups in total. The van der Waals surface area contributed by atoms with Gasteiger partial charge < -0.3 is 19.1 Å². The average molecular weight is 453 g/mol. The van der Waals surface area contributed by atoms with Crippen molar-refractivity contribution >= 4 is 5.91 Å². The molecule has 1 aliphatic carbocycles. The van der Waals surface area contributed by atoms with Crippen molar-refractivity contribution in [1.82, 2.24) is 9.80 Å². The van der Waals surface area contributed by atoms with Gasteiger partial charge in [0.15, 0.2) is 0 Å². The fourth-order valence-corrected chi connectivity index (χ4v) is 4.96. The van der Waals surface area contributed by atoms with E-state index in [1.165, 1.54) is 5.56 Å². The number of nitrogens with zero attached hydrogens (tertiary/aromatic N) is 2. The van der Waals surface area contributed by atoms with E-state index >= 15 is 0 Å². The van der Waals surface area contributed by atoms with Crippen LogP contribution in [0.25, 0.3) is 0 Å². The monoisotopic (exact) mass is 452 g/mol. The zero-order valence-corrected chi connectivity index (χ0v) is 20.3. The van der Waals surface area contributed by atoms with Crippen molar-refractivity contribution in [3.8, 4) is 17.2 Å². The highest BCUT2D eigenvalue weighted by atomic mass is 16.5. The predicted molar refractivity (Wildman–Crippen MR) is 129 cm³/mol. The molecule has 1 atom stereocenters. The third-order valence-electron chi connectivity index (χ3n) is 7.31. The molecule has 0 unspecified atom stereocenters. The summed E-state index contributed by atoms with van der Waals surface area (Å²) in [6, 6.07) is 14.0. The summed E-state index contributed by atoms with van der Waals surface area (Å²) in [6.45, 7) is 6.03. The SMILES string of the molecule is COc1ccc(OC)c(CN2CCC3(CC2)C[C@H]3C(=O)N(C)CCOc2ccc(C)cc2)c1. The van der Waals surface area contributed by atoms with Gasteiger partial charge in [0.1, 0.15) is 23.9 Å². The summed E-state index contributed by atoms with van der Waals surface area (Å²) in [5, 5.41) is 0. The highest BCUT2D eigenvalue weighted by Gasteiger charge is 2.58. The Morgan fingerprint density at radius 2 is 1.76 bits per heavy atom. The molecule has 33 heavy (non-hydrogen) atoms. The molecule has 0 aromatic heterocycles. The van der Waals surface area contributed by atoms with Crippen LogP contribution in [0.15, 0.2) is 42.5 Å². The lowest BCUT2D eigenvalue weighted by molar-refractivity contribution is -0.132. The molecule has 1 spiro atoms. The minimum atomic E-state index is 0.162. The molecule has 2 aromatic carbocycles. The van der Waals surface area contributed by atoms with E-state index in [9.17, 15) is 4.79 Å². The molecule has 6 nitrogen and oxygen atoms in total. The van der Waals surface area contributed by atoms with Gasteiger partial charge in [-0.05, 0) is 75.0 Å². The van der Waals surface area contributed by atoms with Crippen molar-refractivity contribution in [3.63, 3.8) is 0 Å². The lowest BCUT2D eigenvalue weighted by Gasteiger charge is -2.33. The molecule has 0 radical (unpaired) electrons. The van der Waals surface area contributed by atoms with Gasteiger partial charge in [0.2, 0.25) is 5.91 Å². The minimum absolute atomic E-state index is 0.162. The van der Waals surface area contributed by atoms with Crippen LogP contribution in [0, 0.1) is 18.3 Å². The Bertz CT molecular complexity index is 951.